The van der Waals surface area contributed by atoms with Gasteiger partial charge in [-0.1, -0.05) is 23.2 Å². The number of carbonyl (C=O) groups is 1. The average molecular weight is 397 g/mol. The molecule has 0 unspecified atom stereocenters. The van der Waals surface area contributed by atoms with E-state index in [0.29, 0.717) is 22.3 Å². The molecule has 26 heavy (non-hydrogen) atoms. The molecule has 0 atom stereocenters. The van der Waals surface area contributed by atoms with Crippen LogP contribution in [-0.4, -0.2) is 13.1 Å². The lowest BCUT2D eigenvalue weighted by molar-refractivity contribution is 0.0473. The second-order valence-corrected chi connectivity index (χ2v) is 6.09. The van der Waals surface area contributed by atoms with Gasteiger partial charge in [0.1, 0.15) is 23.8 Å². The zero-order chi connectivity index (χ0) is 18.8. The maximum atomic E-state index is 13.6. The Bertz CT molecular complexity index is 1060. The van der Waals surface area contributed by atoms with Crippen LogP contribution in [0.2, 0.25) is 10.0 Å². The lowest BCUT2D eigenvalue weighted by atomic mass is 10.1. The number of methoxy groups -OCH3 is 1. The lowest BCUT2D eigenvalue weighted by Crippen LogP contribution is -2.09. The van der Waals surface area contributed by atoms with Crippen LogP contribution in [0.3, 0.4) is 0 Å². The summed E-state index contributed by atoms with van der Waals surface area (Å²) in [6.07, 6.45) is 0. The van der Waals surface area contributed by atoms with Crippen molar-refractivity contribution in [2.75, 3.05) is 7.11 Å². The summed E-state index contributed by atoms with van der Waals surface area (Å²) in [5, 5.41) is 0.335. The summed E-state index contributed by atoms with van der Waals surface area (Å²) in [6, 6.07) is 8.14. The average Bonchev–Trinajstić information content (AvgIpc) is 2.61. The monoisotopic (exact) mass is 396 g/mol. The van der Waals surface area contributed by atoms with E-state index in [-0.39, 0.29) is 22.2 Å². The highest BCUT2D eigenvalue weighted by Gasteiger charge is 2.17. The molecule has 0 spiro atoms. The Labute approximate surface area is 156 Å². The van der Waals surface area contributed by atoms with Crippen LogP contribution in [0.25, 0.3) is 11.0 Å². The highest BCUT2D eigenvalue weighted by atomic mass is 35.5. The lowest BCUT2D eigenvalue weighted by Gasteiger charge is -2.09. The van der Waals surface area contributed by atoms with Gasteiger partial charge in [-0.05, 0) is 24.3 Å². The third-order valence-corrected chi connectivity index (χ3v) is 4.23. The van der Waals surface area contributed by atoms with Crippen molar-refractivity contribution in [2.24, 2.45) is 0 Å². The van der Waals surface area contributed by atoms with E-state index < -0.39 is 17.4 Å². The molecule has 0 aliphatic carbocycles. The van der Waals surface area contributed by atoms with Gasteiger partial charge in [-0.2, -0.15) is 0 Å². The van der Waals surface area contributed by atoms with Crippen molar-refractivity contribution in [1.29, 1.82) is 0 Å². The summed E-state index contributed by atoms with van der Waals surface area (Å²) in [5.41, 5.74) is -0.0499. The normalized spacial score (nSPS) is 10.8. The maximum Gasteiger partial charge on any atom is 0.340 e. The first-order valence-electron chi connectivity index (χ1n) is 7.31. The molecule has 0 N–H and O–H groups in total. The highest BCUT2D eigenvalue weighted by molar-refractivity contribution is 6.36. The molecule has 0 fully saturated rings. The standard InChI is InChI=1S/C18H11Cl2FO5/c1-24-10-2-3-11-9(4-17(22)26-16(11)5-10)8-25-18(23)12-6-15(21)14(20)7-13(12)19/h2-7H,8H2,1H3. The molecular formula is C18H11Cl2FO5. The fourth-order valence-electron chi connectivity index (χ4n) is 2.36. The second kappa shape index (κ2) is 7.35. The third-order valence-electron chi connectivity index (χ3n) is 3.63. The minimum atomic E-state index is -0.847. The first-order chi connectivity index (χ1) is 12.4. The Balaban J connectivity index is 1.89. The molecule has 0 saturated heterocycles. The summed E-state index contributed by atoms with van der Waals surface area (Å²) >= 11 is 11.5. The van der Waals surface area contributed by atoms with Crippen LogP contribution in [0.5, 0.6) is 5.75 Å². The van der Waals surface area contributed by atoms with E-state index in [0.717, 1.165) is 12.1 Å². The van der Waals surface area contributed by atoms with Crippen LogP contribution >= 0.6 is 23.2 Å². The van der Waals surface area contributed by atoms with Gasteiger partial charge >= 0.3 is 11.6 Å². The van der Waals surface area contributed by atoms with Crippen LogP contribution in [0.4, 0.5) is 4.39 Å². The quantitative estimate of drug-likeness (QED) is 0.366. The molecule has 1 heterocycles. The van der Waals surface area contributed by atoms with Crippen LogP contribution in [0.1, 0.15) is 15.9 Å². The summed E-state index contributed by atoms with van der Waals surface area (Å²) < 4.78 is 28.9. The van der Waals surface area contributed by atoms with Gasteiger partial charge < -0.3 is 13.9 Å². The highest BCUT2D eigenvalue weighted by Crippen LogP contribution is 2.26. The van der Waals surface area contributed by atoms with Crippen molar-refractivity contribution in [1.82, 2.24) is 0 Å². The molecule has 0 amide bonds. The predicted molar refractivity (Wildman–Crippen MR) is 94.6 cm³/mol. The zero-order valence-corrected chi connectivity index (χ0v) is 14.9. The largest absolute Gasteiger partial charge is 0.497 e. The molecule has 3 rings (SSSR count). The van der Waals surface area contributed by atoms with Gasteiger partial charge in [0.2, 0.25) is 0 Å². The molecular weight excluding hydrogens is 386 g/mol. The summed E-state index contributed by atoms with van der Waals surface area (Å²) in [4.78, 5) is 23.9. The summed E-state index contributed by atoms with van der Waals surface area (Å²) in [7, 11) is 1.49. The van der Waals surface area contributed by atoms with E-state index in [1.54, 1.807) is 18.2 Å². The van der Waals surface area contributed by atoms with E-state index in [9.17, 15) is 14.0 Å². The SMILES string of the molecule is COc1ccc2c(COC(=O)c3cc(F)c(Cl)cc3Cl)cc(=O)oc2c1. The Morgan fingerprint density at radius 3 is 2.65 bits per heavy atom. The first kappa shape index (κ1) is 18.2. The Morgan fingerprint density at radius 1 is 1.15 bits per heavy atom. The molecule has 8 heteroatoms. The predicted octanol–water partition coefficient (Wildman–Crippen LogP) is 4.60. The maximum absolute atomic E-state index is 13.6. The van der Waals surface area contributed by atoms with Crippen molar-refractivity contribution in [3.8, 4) is 5.75 Å². The Hall–Kier alpha value is -2.57. The van der Waals surface area contributed by atoms with Gasteiger partial charge in [-0.3, -0.25) is 0 Å². The van der Waals surface area contributed by atoms with Gasteiger partial charge in [0, 0.05) is 23.1 Å². The number of hydrogen-bond acceptors (Lipinski definition) is 5. The van der Waals surface area contributed by atoms with E-state index in [2.05, 4.69) is 0 Å². The van der Waals surface area contributed by atoms with Crippen molar-refractivity contribution in [2.45, 2.75) is 6.61 Å². The molecule has 0 radical (unpaired) electrons. The number of carbonyl (C=O) groups excluding carboxylic acids is 1. The molecule has 1 aromatic heterocycles. The van der Waals surface area contributed by atoms with Crippen LogP contribution in [0, 0.1) is 5.82 Å². The first-order valence-corrected chi connectivity index (χ1v) is 8.07. The fourth-order valence-corrected chi connectivity index (χ4v) is 2.82. The smallest absolute Gasteiger partial charge is 0.340 e. The number of hydrogen-bond donors (Lipinski definition) is 0. The molecule has 0 bridgehead atoms. The van der Waals surface area contributed by atoms with E-state index in [4.69, 9.17) is 37.1 Å². The molecule has 2 aromatic carbocycles. The Kier molecular flexibility index (Phi) is 5.15. The van der Waals surface area contributed by atoms with Gasteiger partial charge in [-0.25, -0.2) is 14.0 Å². The number of benzene rings is 2. The minimum Gasteiger partial charge on any atom is -0.497 e. The van der Waals surface area contributed by atoms with Gasteiger partial charge in [-0.15, -0.1) is 0 Å². The number of fused-ring (bicyclic) bond motifs is 1. The molecule has 0 aliphatic heterocycles. The summed E-state index contributed by atoms with van der Waals surface area (Å²) in [5.74, 6) is -1.13. The fraction of sp³-hybridized carbons (Fsp3) is 0.111. The van der Waals surface area contributed by atoms with Crippen molar-refractivity contribution in [3.63, 3.8) is 0 Å². The van der Waals surface area contributed by atoms with E-state index >= 15 is 0 Å². The van der Waals surface area contributed by atoms with Crippen LogP contribution < -0.4 is 10.4 Å². The minimum absolute atomic E-state index is 0.0384. The van der Waals surface area contributed by atoms with Crippen molar-refractivity contribution >= 4 is 40.1 Å². The van der Waals surface area contributed by atoms with Gasteiger partial charge in [0.25, 0.3) is 0 Å². The second-order valence-electron chi connectivity index (χ2n) is 5.28. The topological polar surface area (TPSA) is 65.7 Å². The van der Waals surface area contributed by atoms with Gasteiger partial charge in [0.05, 0.1) is 22.7 Å². The Morgan fingerprint density at radius 2 is 1.92 bits per heavy atom. The van der Waals surface area contributed by atoms with E-state index in [1.165, 1.54) is 13.2 Å². The number of rotatable bonds is 4. The molecule has 134 valence electrons. The molecule has 5 nitrogen and oxygen atoms in total. The van der Waals surface area contributed by atoms with Crippen molar-refractivity contribution in [3.05, 3.63) is 73.8 Å². The zero-order valence-electron chi connectivity index (χ0n) is 13.3. The van der Waals surface area contributed by atoms with Crippen molar-refractivity contribution < 1.29 is 23.1 Å². The van der Waals surface area contributed by atoms with Gasteiger partial charge in [0.15, 0.2) is 0 Å². The number of halogens is 3. The number of esters is 1. The molecule has 3 aromatic rings. The van der Waals surface area contributed by atoms with Crippen LogP contribution in [0.15, 0.2) is 45.6 Å². The third kappa shape index (κ3) is 3.66. The molecule has 0 aliphatic rings. The van der Waals surface area contributed by atoms with Crippen LogP contribution in [-0.2, 0) is 11.3 Å². The number of ether oxygens (including phenoxy) is 2. The molecule has 0 saturated carbocycles. The summed E-state index contributed by atoms with van der Waals surface area (Å²) in [6.45, 7) is -0.228. The van der Waals surface area contributed by atoms with E-state index in [1.807, 2.05) is 0 Å².